The second-order valence-corrected chi connectivity index (χ2v) is 7.73. The van der Waals surface area contributed by atoms with Gasteiger partial charge in [-0.2, -0.15) is 0 Å². The Balaban J connectivity index is 2.16. The first kappa shape index (κ1) is 20.9. The summed E-state index contributed by atoms with van der Waals surface area (Å²) in [5.41, 5.74) is -0.694. The first-order valence-electron chi connectivity index (χ1n) is 8.57. The summed E-state index contributed by atoms with van der Waals surface area (Å²) in [7, 11) is 3.42. The lowest BCUT2D eigenvalue weighted by Gasteiger charge is -2.44. The Morgan fingerprint density at radius 1 is 1.32 bits per heavy atom. The fourth-order valence-corrected chi connectivity index (χ4v) is 4.16. The van der Waals surface area contributed by atoms with Crippen LogP contribution < -0.4 is 5.32 Å². The van der Waals surface area contributed by atoms with Crippen LogP contribution in [0.1, 0.15) is 19.8 Å². The molecule has 0 aliphatic carbocycles. The SMILES string of the molecule is CO[C@H](C)[C@H](NC(=O)[C@H]1CCCN1C)[C@H]1O[C@@H](SC)[C@H](O)[C@@H](O)[C@H]1O. The standard InChI is InChI=1S/C16H30N2O6S/c1-8(23-3)10(17-15(22)9-6-5-7-18(9)2)14-12(20)11(19)13(21)16(24-14)25-4/h8-14,16,19-21H,5-7H2,1-4H3,(H,17,22)/t8-,9-,10+,11+,12-,13-,14-,16+/m1/s1. The van der Waals surface area contributed by atoms with Crippen LogP contribution in [0.5, 0.6) is 0 Å². The lowest BCUT2D eigenvalue weighted by Crippen LogP contribution is -2.65. The van der Waals surface area contributed by atoms with E-state index in [2.05, 4.69) is 5.32 Å². The van der Waals surface area contributed by atoms with Crippen molar-refractivity contribution in [3.8, 4) is 0 Å². The van der Waals surface area contributed by atoms with E-state index in [1.807, 2.05) is 11.9 Å². The molecule has 2 fully saturated rings. The fraction of sp³-hybridized carbons (Fsp3) is 0.938. The van der Waals surface area contributed by atoms with Gasteiger partial charge in [-0.1, -0.05) is 0 Å². The minimum absolute atomic E-state index is 0.147. The molecule has 0 aromatic carbocycles. The van der Waals surface area contributed by atoms with Gasteiger partial charge >= 0.3 is 0 Å². The van der Waals surface area contributed by atoms with Gasteiger partial charge in [0.2, 0.25) is 5.91 Å². The highest BCUT2D eigenvalue weighted by molar-refractivity contribution is 7.99. The predicted molar refractivity (Wildman–Crippen MR) is 94.3 cm³/mol. The number of methoxy groups -OCH3 is 1. The van der Waals surface area contributed by atoms with Crippen LogP contribution in [0, 0.1) is 0 Å². The molecule has 0 unspecified atom stereocenters. The monoisotopic (exact) mass is 378 g/mol. The lowest BCUT2D eigenvalue weighted by molar-refractivity contribution is -0.212. The van der Waals surface area contributed by atoms with E-state index in [9.17, 15) is 20.1 Å². The molecular formula is C16H30N2O6S. The largest absolute Gasteiger partial charge is 0.388 e. The molecule has 0 spiro atoms. The molecule has 1 amide bonds. The Labute approximate surface area is 152 Å². The molecule has 0 aromatic rings. The van der Waals surface area contributed by atoms with E-state index in [4.69, 9.17) is 9.47 Å². The number of carbonyl (C=O) groups is 1. The van der Waals surface area contributed by atoms with Crippen molar-refractivity contribution in [1.29, 1.82) is 0 Å². The molecule has 4 N–H and O–H groups in total. The molecule has 2 aliphatic heterocycles. The van der Waals surface area contributed by atoms with Crippen molar-refractivity contribution in [3.63, 3.8) is 0 Å². The van der Waals surface area contributed by atoms with Crippen molar-refractivity contribution in [2.45, 2.75) is 67.8 Å². The van der Waals surface area contributed by atoms with Gasteiger partial charge in [-0.25, -0.2) is 0 Å². The molecule has 25 heavy (non-hydrogen) atoms. The number of nitrogens with zero attached hydrogens (tertiary/aromatic N) is 1. The molecule has 0 aromatic heterocycles. The molecule has 146 valence electrons. The van der Waals surface area contributed by atoms with Gasteiger partial charge in [-0.3, -0.25) is 9.69 Å². The van der Waals surface area contributed by atoms with E-state index >= 15 is 0 Å². The van der Waals surface area contributed by atoms with E-state index in [0.29, 0.717) is 0 Å². The predicted octanol–water partition coefficient (Wildman–Crippen LogP) is -1.23. The summed E-state index contributed by atoms with van der Waals surface area (Å²) in [5, 5.41) is 33.5. The van der Waals surface area contributed by atoms with E-state index in [-0.39, 0.29) is 11.9 Å². The number of ether oxygens (including phenoxy) is 2. The van der Waals surface area contributed by atoms with Crippen molar-refractivity contribution in [1.82, 2.24) is 10.2 Å². The molecule has 0 radical (unpaired) electrons. The Hall–Kier alpha value is -0.420. The molecule has 2 heterocycles. The van der Waals surface area contributed by atoms with Crippen molar-refractivity contribution in [2.24, 2.45) is 0 Å². The maximum Gasteiger partial charge on any atom is 0.237 e. The van der Waals surface area contributed by atoms with Crippen LogP contribution in [0.4, 0.5) is 0 Å². The molecule has 2 rings (SSSR count). The third kappa shape index (κ3) is 4.47. The Bertz CT molecular complexity index is 454. The molecule has 2 saturated heterocycles. The maximum atomic E-state index is 12.7. The van der Waals surface area contributed by atoms with Crippen LogP contribution in [0.15, 0.2) is 0 Å². The molecule has 2 aliphatic rings. The average molecular weight is 378 g/mol. The Kier molecular flexibility index (Phi) is 7.51. The van der Waals surface area contributed by atoms with Gasteiger partial charge in [0.25, 0.3) is 0 Å². The quantitative estimate of drug-likeness (QED) is 0.455. The van der Waals surface area contributed by atoms with Crippen LogP contribution in [0.2, 0.25) is 0 Å². The van der Waals surface area contributed by atoms with E-state index < -0.39 is 42.0 Å². The van der Waals surface area contributed by atoms with Crippen molar-refractivity contribution in [2.75, 3.05) is 27.0 Å². The molecule has 0 saturated carbocycles. The maximum absolute atomic E-state index is 12.7. The zero-order valence-corrected chi connectivity index (χ0v) is 16.0. The van der Waals surface area contributed by atoms with Gasteiger partial charge in [0.1, 0.15) is 29.9 Å². The highest BCUT2D eigenvalue weighted by Crippen LogP contribution is 2.30. The van der Waals surface area contributed by atoms with Gasteiger partial charge in [-0.05, 0) is 39.6 Å². The number of carbonyl (C=O) groups excluding carboxylic acids is 1. The molecular weight excluding hydrogens is 348 g/mol. The summed E-state index contributed by atoms with van der Waals surface area (Å²) >= 11 is 1.24. The highest BCUT2D eigenvalue weighted by Gasteiger charge is 2.48. The van der Waals surface area contributed by atoms with Crippen LogP contribution >= 0.6 is 11.8 Å². The number of hydrogen-bond donors (Lipinski definition) is 4. The minimum Gasteiger partial charge on any atom is -0.388 e. The van der Waals surface area contributed by atoms with Gasteiger partial charge in [-0.15, -0.1) is 11.8 Å². The molecule has 0 bridgehead atoms. The van der Waals surface area contributed by atoms with Crippen molar-refractivity contribution < 1.29 is 29.6 Å². The molecule has 8 nitrogen and oxygen atoms in total. The van der Waals surface area contributed by atoms with Crippen molar-refractivity contribution in [3.05, 3.63) is 0 Å². The first-order valence-corrected chi connectivity index (χ1v) is 9.86. The number of amides is 1. The zero-order chi connectivity index (χ0) is 18.7. The summed E-state index contributed by atoms with van der Waals surface area (Å²) < 4.78 is 11.2. The zero-order valence-electron chi connectivity index (χ0n) is 15.2. The van der Waals surface area contributed by atoms with E-state index in [1.54, 1.807) is 13.2 Å². The minimum atomic E-state index is -1.35. The number of rotatable bonds is 6. The number of aliphatic hydroxyl groups excluding tert-OH is 3. The molecule has 9 heteroatoms. The van der Waals surface area contributed by atoms with Gasteiger partial charge < -0.3 is 30.1 Å². The van der Waals surface area contributed by atoms with Crippen LogP contribution in [0.3, 0.4) is 0 Å². The number of hydrogen-bond acceptors (Lipinski definition) is 8. The summed E-state index contributed by atoms with van der Waals surface area (Å²) in [6.45, 7) is 2.63. The third-order valence-electron chi connectivity index (χ3n) is 5.20. The topological polar surface area (TPSA) is 111 Å². The van der Waals surface area contributed by atoms with E-state index in [0.717, 1.165) is 19.4 Å². The number of thioether (sulfide) groups is 1. The van der Waals surface area contributed by atoms with Gasteiger partial charge in [0, 0.05) is 7.11 Å². The average Bonchev–Trinajstić information content (AvgIpc) is 3.03. The highest BCUT2D eigenvalue weighted by atomic mass is 32.2. The Morgan fingerprint density at radius 3 is 2.52 bits per heavy atom. The third-order valence-corrected chi connectivity index (χ3v) is 6.06. The lowest BCUT2D eigenvalue weighted by atomic mass is 9.92. The van der Waals surface area contributed by atoms with Crippen LogP contribution in [-0.4, -0.2) is 101 Å². The number of likely N-dealkylation sites (N-methyl/N-ethyl adjacent to an activating group) is 1. The summed E-state index contributed by atoms with van der Waals surface area (Å²) in [4.78, 5) is 14.7. The van der Waals surface area contributed by atoms with Gasteiger partial charge in [0.15, 0.2) is 0 Å². The number of nitrogens with one attached hydrogen (secondary N) is 1. The van der Waals surface area contributed by atoms with Crippen molar-refractivity contribution >= 4 is 17.7 Å². The summed E-state index contributed by atoms with van der Waals surface area (Å²) in [6, 6.07) is -0.877. The number of likely N-dealkylation sites (tertiary alicyclic amines) is 1. The smallest absolute Gasteiger partial charge is 0.237 e. The Morgan fingerprint density at radius 2 is 2.00 bits per heavy atom. The second kappa shape index (κ2) is 8.98. The van der Waals surface area contributed by atoms with Gasteiger partial charge in [0.05, 0.1) is 18.2 Å². The fourth-order valence-electron chi connectivity index (χ4n) is 3.48. The van der Waals surface area contributed by atoms with Crippen LogP contribution in [0.25, 0.3) is 0 Å². The second-order valence-electron chi connectivity index (χ2n) is 6.79. The molecule has 8 atom stereocenters. The number of aliphatic hydroxyl groups is 3. The first-order chi connectivity index (χ1) is 11.8. The van der Waals surface area contributed by atoms with E-state index in [1.165, 1.54) is 18.9 Å². The normalized spacial score (nSPS) is 39.2. The summed E-state index contributed by atoms with van der Waals surface area (Å²) in [5.74, 6) is -0.147. The summed E-state index contributed by atoms with van der Waals surface area (Å²) in [6.07, 6.45) is -1.73. The van der Waals surface area contributed by atoms with Crippen LogP contribution in [-0.2, 0) is 14.3 Å².